The number of carbonyl (C=O) groups is 1. The maximum Gasteiger partial charge on any atom is 0.226 e. The Morgan fingerprint density at radius 2 is 2.04 bits per heavy atom. The summed E-state index contributed by atoms with van der Waals surface area (Å²) in [4.78, 5) is 22.9. The summed E-state index contributed by atoms with van der Waals surface area (Å²) >= 11 is 5.05. The van der Waals surface area contributed by atoms with E-state index in [-0.39, 0.29) is 5.91 Å². The molecule has 24 heavy (non-hydrogen) atoms. The van der Waals surface area contributed by atoms with Crippen LogP contribution in [0.25, 0.3) is 10.2 Å². The maximum atomic E-state index is 12.0. The van der Waals surface area contributed by atoms with Crippen molar-refractivity contribution in [3.63, 3.8) is 0 Å². The number of aromatic nitrogens is 2. The topological polar surface area (TPSA) is 66.9 Å². The highest BCUT2D eigenvalue weighted by molar-refractivity contribution is 9.10. The Balaban J connectivity index is 1.57. The van der Waals surface area contributed by atoms with Gasteiger partial charge in [-0.15, -0.1) is 11.3 Å². The van der Waals surface area contributed by atoms with Crippen LogP contribution in [0.2, 0.25) is 0 Å². The van der Waals surface area contributed by atoms with Crippen molar-refractivity contribution in [2.24, 2.45) is 0 Å². The molecule has 0 bridgehead atoms. The summed E-state index contributed by atoms with van der Waals surface area (Å²) in [5, 5.41) is 7.13. The first-order valence-corrected chi connectivity index (χ1v) is 9.29. The predicted molar refractivity (Wildman–Crippen MR) is 103 cm³/mol. The number of anilines is 2. The SMILES string of the molecule is CCc1cc2c(NCCC(=O)Nc3ccc(Br)cc3)ncnc2s1. The third-order valence-electron chi connectivity index (χ3n) is 3.50. The number of nitrogens with zero attached hydrogens (tertiary/aromatic N) is 2. The summed E-state index contributed by atoms with van der Waals surface area (Å²) in [5.41, 5.74) is 0.790. The number of nitrogens with one attached hydrogen (secondary N) is 2. The van der Waals surface area contributed by atoms with E-state index in [2.05, 4.69) is 49.5 Å². The van der Waals surface area contributed by atoms with Gasteiger partial charge >= 0.3 is 0 Å². The third-order valence-corrected chi connectivity index (χ3v) is 5.22. The van der Waals surface area contributed by atoms with Crippen molar-refractivity contribution in [1.82, 2.24) is 9.97 Å². The van der Waals surface area contributed by atoms with Gasteiger partial charge in [0.05, 0.1) is 5.39 Å². The molecule has 0 atom stereocenters. The molecule has 1 aromatic carbocycles. The van der Waals surface area contributed by atoms with Gasteiger partial charge in [-0.1, -0.05) is 22.9 Å². The fourth-order valence-electron chi connectivity index (χ4n) is 2.27. The average Bonchev–Trinajstić information content (AvgIpc) is 3.01. The van der Waals surface area contributed by atoms with Crippen molar-refractivity contribution in [2.75, 3.05) is 17.2 Å². The largest absolute Gasteiger partial charge is 0.369 e. The number of fused-ring (bicyclic) bond motifs is 1. The number of amides is 1. The fourth-order valence-corrected chi connectivity index (χ4v) is 3.47. The van der Waals surface area contributed by atoms with Crippen LogP contribution in [0.15, 0.2) is 41.1 Å². The van der Waals surface area contributed by atoms with Crippen LogP contribution >= 0.6 is 27.3 Å². The van der Waals surface area contributed by atoms with Crippen LogP contribution in [-0.4, -0.2) is 22.4 Å². The van der Waals surface area contributed by atoms with Crippen LogP contribution in [0.1, 0.15) is 18.2 Å². The highest BCUT2D eigenvalue weighted by Crippen LogP contribution is 2.28. The maximum absolute atomic E-state index is 12.0. The minimum absolute atomic E-state index is 0.0327. The Hall–Kier alpha value is -1.99. The number of hydrogen-bond acceptors (Lipinski definition) is 5. The highest BCUT2D eigenvalue weighted by atomic mass is 79.9. The van der Waals surface area contributed by atoms with Crippen LogP contribution in [0, 0.1) is 0 Å². The van der Waals surface area contributed by atoms with Gasteiger partial charge < -0.3 is 10.6 Å². The molecule has 0 unspecified atom stereocenters. The molecule has 0 saturated heterocycles. The molecule has 3 aromatic rings. The van der Waals surface area contributed by atoms with Gasteiger partial charge in [0, 0.05) is 28.0 Å². The Kier molecular flexibility index (Phi) is 5.42. The van der Waals surface area contributed by atoms with Crippen LogP contribution < -0.4 is 10.6 Å². The molecule has 0 aliphatic rings. The molecule has 2 heterocycles. The molecule has 5 nitrogen and oxygen atoms in total. The number of thiophene rings is 1. The van der Waals surface area contributed by atoms with Crippen LogP contribution in [-0.2, 0) is 11.2 Å². The van der Waals surface area contributed by atoms with Crippen LogP contribution in [0.3, 0.4) is 0 Å². The molecule has 0 aliphatic heterocycles. The predicted octanol–water partition coefficient (Wildman–Crippen LogP) is 4.46. The number of benzene rings is 1. The van der Waals surface area contributed by atoms with Crippen LogP contribution in [0.5, 0.6) is 0 Å². The molecule has 0 radical (unpaired) electrons. The molecule has 1 amide bonds. The summed E-state index contributed by atoms with van der Waals surface area (Å²) in [6.45, 7) is 2.64. The van der Waals surface area contributed by atoms with Crippen molar-refractivity contribution >= 4 is 54.9 Å². The van der Waals surface area contributed by atoms with E-state index in [0.717, 1.165) is 32.6 Å². The minimum Gasteiger partial charge on any atom is -0.369 e. The molecular formula is C17H17BrN4OS. The highest BCUT2D eigenvalue weighted by Gasteiger charge is 2.08. The number of carbonyl (C=O) groups excluding carboxylic acids is 1. The second-order valence-corrected chi connectivity index (χ2v) is 7.27. The van der Waals surface area contributed by atoms with Gasteiger partial charge in [0.1, 0.15) is 17.0 Å². The van der Waals surface area contributed by atoms with E-state index in [4.69, 9.17) is 0 Å². The van der Waals surface area contributed by atoms with Crippen molar-refractivity contribution in [3.8, 4) is 0 Å². The van der Waals surface area contributed by atoms with E-state index in [9.17, 15) is 4.79 Å². The number of halogens is 1. The standard InChI is InChI=1S/C17H17BrN4OS/c1-2-13-9-14-16(20-10-21-17(14)24-13)19-8-7-15(23)22-12-5-3-11(18)4-6-12/h3-6,9-10H,2,7-8H2,1H3,(H,22,23)(H,19,20,21). The van der Waals surface area contributed by atoms with Gasteiger partial charge in [-0.2, -0.15) is 0 Å². The van der Waals surface area contributed by atoms with E-state index >= 15 is 0 Å². The zero-order valence-corrected chi connectivity index (χ0v) is 15.6. The van der Waals surface area contributed by atoms with E-state index < -0.39 is 0 Å². The summed E-state index contributed by atoms with van der Waals surface area (Å²) in [6, 6.07) is 9.63. The number of aryl methyl sites for hydroxylation is 1. The van der Waals surface area contributed by atoms with Gasteiger partial charge in [0.15, 0.2) is 0 Å². The van der Waals surface area contributed by atoms with E-state index in [1.165, 1.54) is 4.88 Å². The van der Waals surface area contributed by atoms with Crippen molar-refractivity contribution in [2.45, 2.75) is 19.8 Å². The zero-order chi connectivity index (χ0) is 16.9. The minimum atomic E-state index is -0.0327. The summed E-state index contributed by atoms with van der Waals surface area (Å²) in [5.74, 6) is 0.752. The molecule has 2 aromatic heterocycles. The Labute approximate surface area is 152 Å². The second-order valence-electron chi connectivity index (χ2n) is 5.24. The van der Waals surface area contributed by atoms with E-state index in [1.54, 1.807) is 17.7 Å². The van der Waals surface area contributed by atoms with E-state index in [0.29, 0.717) is 13.0 Å². The monoisotopic (exact) mass is 404 g/mol. The quantitative estimate of drug-likeness (QED) is 0.636. The zero-order valence-electron chi connectivity index (χ0n) is 13.2. The Morgan fingerprint density at radius 1 is 1.25 bits per heavy atom. The Bertz CT molecular complexity index is 847. The van der Waals surface area contributed by atoms with Crippen molar-refractivity contribution in [3.05, 3.63) is 46.0 Å². The molecule has 0 saturated carbocycles. The molecule has 2 N–H and O–H groups in total. The van der Waals surface area contributed by atoms with Gasteiger partial charge in [0.25, 0.3) is 0 Å². The second kappa shape index (κ2) is 7.72. The molecule has 0 spiro atoms. The smallest absolute Gasteiger partial charge is 0.226 e. The van der Waals surface area contributed by atoms with E-state index in [1.807, 2.05) is 24.3 Å². The lowest BCUT2D eigenvalue weighted by atomic mass is 10.3. The Morgan fingerprint density at radius 3 is 2.79 bits per heavy atom. The van der Waals surface area contributed by atoms with Gasteiger partial charge in [-0.05, 0) is 36.8 Å². The first-order chi connectivity index (χ1) is 11.7. The third kappa shape index (κ3) is 4.10. The lowest BCUT2D eigenvalue weighted by Gasteiger charge is -2.07. The number of hydrogen-bond donors (Lipinski definition) is 2. The van der Waals surface area contributed by atoms with Crippen LogP contribution in [0.4, 0.5) is 11.5 Å². The normalized spacial score (nSPS) is 10.8. The summed E-state index contributed by atoms with van der Waals surface area (Å²) in [6.07, 6.45) is 2.91. The van der Waals surface area contributed by atoms with Gasteiger partial charge in [0.2, 0.25) is 5.91 Å². The van der Waals surface area contributed by atoms with Gasteiger partial charge in [-0.25, -0.2) is 9.97 Å². The fraction of sp³-hybridized carbons (Fsp3) is 0.235. The molecule has 7 heteroatoms. The molecular weight excluding hydrogens is 388 g/mol. The number of rotatable bonds is 6. The molecule has 3 rings (SSSR count). The van der Waals surface area contributed by atoms with Crippen molar-refractivity contribution < 1.29 is 4.79 Å². The first kappa shape index (κ1) is 16.9. The van der Waals surface area contributed by atoms with Gasteiger partial charge in [-0.3, -0.25) is 4.79 Å². The lowest BCUT2D eigenvalue weighted by molar-refractivity contribution is -0.115. The molecule has 124 valence electrons. The average molecular weight is 405 g/mol. The molecule has 0 aliphatic carbocycles. The lowest BCUT2D eigenvalue weighted by Crippen LogP contribution is -2.16. The molecule has 0 fully saturated rings. The first-order valence-electron chi connectivity index (χ1n) is 7.68. The summed E-state index contributed by atoms with van der Waals surface area (Å²) in [7, 11) is 0. The van der Waals surface area contributed by atoms with Crippen molar-refractivity contribution in [1.29, 1.82) is 0 Å². The summed E-state index contributed by atoms with van der Waals surface area (Å²) < 4.78 is 0.983.